The Hall–Kier alpha value is -0.950. The third-order valence-corrected chi connectivity index (χ3v) is 13.7. The monoisotopic (exact) mass is 504 g/mol. The van der Waals surface area contributed by atoms with E-state index in [1.165, 1.54) is 5.57 Å². The second-order valence-corrected chi connectivity index (χ2v) is 14.5. The minimum Gasteiger partial charge on any atom is -0.481 e. The van der Waals surface area contributed by atoms with Crippen LogP contribution in [0.4, 0.5) is 0 Å². The number of hydrogen-bond donors (Lipinski definition) is 5. The maximum atomic E-state index is 12.8. The second-order valence-electron chi connectivity index (χ2n) is 14.5. The normalized spacial score (nSPS) is 53.8. The van der Waals surface area contributed by atoms with Crippen molar-refractivity contribution in [1.82, 2.24) is 0 Å². The van der Waals surface area contributed by atoms with Gasteiger partial charge in [-0.15, -0.1) is 0 Å². The van der Waals surface area contributed by atoms with Gasteiger partial charge < -0.3 is 25.5 Å². The molecular formula is C30H48O6. The SMILES string of the molecule is C[C@@H]1CC[C@@]2(C(=O)O)CC[C@]3(C)C(=CC[C@@H]4[C@@]5(C)CC[C@@H](O)C(CO)(CO)[C@@H]5CC[C@]43C)[C@@H]2[C@]1(C)O. The molecule has 204 valence electrons. The van der Waals surface area contributed by atoms with Crippen LogP contribution in [0.25, 0.3) is 0 Å². The maximum absolute atomic E-state index is 12.8. The second kappa shape index (κ2) is 8.03. The van der Waals surface area contributed by atoms with Crippen LogP contribution in [0.2, 0.25) is 0 Å². The van der Waals surface area contributed by atoms with Crippen molar-refractivity contribution in [3.63, 3.8) is 0 Å². The van der Waals surface area contributed by atoms with E-state index in [9.17, 15) is 30.3 Å². The molecule has 0 aromatic rings. The standard InChI is InChI=1S/C30H48O6/c1-18-8-13-29(24(34)35)15-14-26(3)19(23(29)28(18,5)36)6-7-20-25(2)11-10-22(33)30(16-31,17-32)21(25)9-12-27(20,26)4/h6,18,20-23,31-33,36H,7-17H2,1-5H3,(H,34,35)/t18-,20-,21-,22-,23-,25-,26-,27-,28-,29-/m1/s1. The number of hydrogen-bond acceptors (Lipinski definition) is 5. The molecule has 6 heteroatoms. The summed E-state index contributed by atoms with van der Waals surface area (Å²) in [6.07, 6.45) is 8.31. The molecule has 5 rings (SSSR count). The maximum Gasteiger partial charge on any atom is 0.310 e. The quantitative estimate of drug-likeness (QED) is 0.369. The van der Waals surface area contributed by atoms with Gasteiger partial charge in [-0.25, -0.2) is 0 Å². The first kappa shape index (κ1) is 26.6. The van der Waals surface area contributed by atoms with Gasteiger partial charge in [0, 0.05) is 11.3 Å². The van der Waals surface area contributed by atoms with E-state index >= 15 is 0 Å². The van der Waals surface area contributed by atoms with Crippen molar-refractivity contribution >= 4 is 5.97 Å². The van der Waals surface area contributed by atoms with Gasteiger partial charge in [0.2, 0.25) is 0 Å². The Morgan fingerprint density at radius 2 is 1.61 bits per heavy atom. The van der Waals surface area contributed by atoms with Crippen molar-refractivity contribution in [3.8, 4) is 0 Å². The van der Waals surface area contributed by atoms with Crippen molar-refractivity contribution in [2.24, 2.45) is 50.7 Å². The van der Waals surface area contributed by atoms with Gasteiger partial charge in [-0.2, -0.15) is 0 Å². The minimum atomic E-state index is -1.08. The highest BCUT2D eigenvalue weighted by Gasteiger charge is 2.72. The number of carboxylic acid groups (broad SMARTS) is 1. The van der Waals surface area contributed by atoms with Crippen molar-refractivity contribution in [2.45, 2.75) is 104 Å². The molecule has 4 fully saturated rings. The highest BCUT2D eigenvalue weighted by molar-refractivity contribution is 5.77. The molecule has 5 aliphatic carbocycles. The van der Waals surface area contributed by atoms with E-state index in [1.54, 1.807) is 0 Å². The summed E-state index contributed by atoms with van der Waals surface area (Å²) in [6.45, 7) is 10.6. The van der Waals surface area contributed by atoms with E-state index in [2.05, 4.69) is 33.8 Å². The topological polar surface area (TPSA) is 118 Å². The molecule has 0 amide bonds. The summed E-state index contributed by atoms with van der Waals surface area (Å²) in [4.78, 5) is 12.8. The van der Waals surface area contributed by atoms with Gasteiger partial charge >= 0.3 is 5.97 Å². The first-order valence-electron chi connectivity index (χ1n) is 14.3. The van der Waals surface area contributed by atoms with Crippen LogP contribution in [0.5, 0.6) is 0 Å². The number of carbonyl (C=O) groups is 1. The Morgan fingerprint density at radius 3 is 2.22 bits per heavy atom. The lowest BCUT2D eigenvalue weighted by Crippen LogP contribution is -2.68. The van der Waals surface area contributed by atoms with E-state index < -0.39 is 34.4 Å². The largest absolute Gasteiger partial charge is 0.481 e. The van der Waals surface area contributed by atoms with Crippen LogP contribution in [-0.4, -0.2) is 56.4 Å². The van der Waals surface area contributed by atoms with Crippen molar-refractivity contribution < 1.29 is 30.3 Å². The Bertz CT molecular complexity index is 953. The van der Waals surface area contributed by atoms with E-state index in [1.807, 2.05) is 6.92 Å². The van der Waals surface area contributed by atoms with Crippen LogP contribution < -0.4 is 0 Å². The number of fused-ring (bicyclic) bond motifs is 7. The molecule has 0 aromatic heterocycles. The number of aliphatic hydroxyl groups excluding tert-OH is 3. The van der Waals surface area contributed by atoms with Crippen LogP contribution in [0.15, 0.2) is 11.6 Å². The fraction of sp³-hybridized carbons (Fsp3) is 0.900. The van der Waals surface area contributed by atoms with E-state index in [4.69, 9.17) is 0 Å². The summed E-state index contributed by atoms with van der Waals surface area (Å²) in [7, 11) is 0. The lowest BCUT2D eigenvalue weighted by molar-refractivity contribution is -0.235. The third-order valence-electron chi connectivity index (χ3n) is 13.7. The lowest BCUT2D eigenvalue weighted by Gasteiger charge is -2.72. The summed E-state index contributed by atoms with van der Waals surface area (Å²) < 4.78 is 0. The highest BCUT2D eigenvalue weighted by atomic mass is 16.4. The summed E-state index contributed by atoms with van der Waals surface area (Å²) in [5, 5.41) is 54.3. The Balaban J connectivity index is 1.64. The van der Waals surface area contributed by atoms with E-state index in [0.717, 1.165) is 38.5 Å². The molecule has 0 bridgehead atoms. The van der Waals surface area contributed by atoms with Gasteiger partial charge in [0.25, 0.3) is 0 Å². The molecule has 0 spiro atoms. The summed E-state index contributed by atoms with van der Waals surface area (Å²) in [6, 6.07) is 0. The molecule has 0 radical (unpaired) electrons. The third kappa shape index (κ3) is 2.91. The van der Waals surface area contributed by atoms with Crippen LogP contribution in [-0.2, 0) is 4.79 Å². The summed E-state index contributed by atoms with van der Waals surface area (Å²) >= 11 is 0. The summed E-state index contributed by atoms with van der Waals surface area (Å²) in [5.74, 6) is -0.796. The lowest BCUT2D eigenvalue weighted by atomic mass is 9.33. The molecule has 6 nitrogen and oxygen atoms in total. The van der Waals surface area contributed by atoms with Gasteiger partial charge in [0.05, 0.1) is 30.3 Å². The van der Waals surface area contributed by atoms with Gasteiger partial charge in [-0.1, -0.05) is 39.3 Å². The molecule has 5 N–H and O–H groups in total. The van der Waals surface area contributed by atoms with Crippen LogP contribution in [0, 0.1) is 50.7 Å². The number of allylic oxidation sites excluding steroid dienone is 1. The number of rotatable bonds is 3. The Kier molecular flexibility index (Phi) is 5.95. The van der Waals surface area contributed by atoms with Crippen LogP contribution in [0.1, 0.15) is 92.4 Å². The molecule has 4 saturated carbocycles. The van der Waals surface area contributed by atoms with Gasteiger partial charge in [-0.05, 0) is 98.7 Å². The highest BCUT2D eigenvalue weighted by Crippen LogP contribution is 2.76. The first-order valence-corrected chi connectivity index (χ1v) is 14.3. The fourth-order valence-electron chi connectivity index (χ4n) is 11.0. The molecular weight excluding hydrogens is 456 g/mol. The van der Waals surface area contributed by atoms with E-state index in [0.29, 0.717) is 25.2 Å². The molecule has 0 heterocycles. The smallest absolute Gasteiger partial charge is 0.310 e. The molecule has 0 aliphatic heterocycles. The zero-order valence-electron chi connectivity index (χ0n) is 22.9. The van der Waals surface area contributed by atoms with Crippen molar-refractivity contribution in [2.75, 3.05) is 13.2 Å². The van der Waals surface area contributed by atoms with Gasteiger partial charge in [0.15, 0.2) is 0 Å². The van der Waals surface area contributed by atoms with Gasteiger partial charge in [0.1, 0.15) is 0 Å². The molecule has 0 saturated heterocycles. The molecule has 0 unspecified atom stereocenters. The minimum absolute atomic E-state index is 0.0277. The fourth-order valence-corrected chi connectivity index (χ4v) is 11.0. The average molecular weight is 505 g/mol. The van der Waals surface area contributed by atoms with Crippen LogP contribution >= 0.6 is 0 Å². The number of aliphatic hydroxyl groups is 4. The van der Waals surface area contributed by atoms with Gasteiger partial charge in [-0.3, -0.25) is 4.79 Å². The predicted molar refractivity (Wildman–Crippen MR) is 137 cm³/mol. The van der Waals surface area contributed by atoms with Crippen molar-refractivity contribution in [3.05, 3.63) is 11.6 Å². The number of aliphatic carboxylic acids is 1. The summed E-state index contributed by atoms with van der Waals surface area (Å²) in [5.41, 5.74) is -2.18. The first-order chi connectivity index (χ1) is 16.7. The van der Waals surface area contributed by atoms with E-state index in [-0.39, 0.29) is 41.3 Å². The molecule has 0 aromatic carbocycles. The molecule has 10 atom stereocenters. The van der Waals surface area contributed by atoms with Crippen molar-refractivity contribution in [1.29, 1.82) is 0 Å². The average Bonchev–Trinajstić information content (AvgIpc) is 2.82. The molecule has 36 heavy (non-hydrogen) atoms. The number of carboxylic acids is 1. The zero-order chi connectivity index (χ0) is 26.5. The predicted octanol–water partition coefficient (Wildman–Crippen LogP) is 4.15. The zero-order valence-corrected chi connectivity index (χ0v) is 22.9. The van der Waals surface area contributed by atoms with Crippen LogP contribution in [0.3, 0.4) is 0 Å². The Labute approximate surface area is 216 Å². The Morgan fingerprint density at radius 1 is 0.944 bits per heavy atom. The molecule has 5 aliphatic rings.